The highest BCUT2D eigenvalue weighted by molar-refractivity contribution is 6.33. The fourth-order valence-corrected chi connectivity index (χ4v) is 3.96. The third kappa shape index (κ3) is 3.90. The number of nitrogens with one attached hydrogen (secondary N) is 1. The first-order valence-corrected chi connectivity index (χ1v) is 9.47. The smallest absolute Gasteiger partial charge is 0.248 e. The third-order valence-corrected chi connectivity index (χ3v) is 5.48. The lowest BCUT2D eigenvalue weighted by Gasteiger charge is -2.13. The number of nitrogens with two attached hydrogens (primary N) is 1. The monoisotopic (exact) mass is 376 g/mol. The fraction of sp³-hybridized carbons (Fsp3) is 0.174. The fourth-order valence-electron chi connectivity index (χ4n) is 3.67. The topological polar surface area (TPSA) is 55.1 Å². The van der Waals surface area contributed by atoms with E-state index in [0.717, 1.165) is 30.5 Å². The van der Waals surface area contributed by atoms with Gasteiger partial charge in [0, 0.05) is 28.7 Å². The number of hydrogen-bond acceptors (Lipinski definition) is 2. The maximum atomic E-state index is 11.3. The molecule has 3 nitrogen and oxygen atoms in total. The van der Waals surface area contributed by atoms with E-state index in [1.807, 2.05) is 6.07 Å². The summed E-state index contributed by atoms with van der Waals surface area (Å²) in [6.45, 7) is 0.841. The van der Waals surface area contributed by atoms with E-state index in [2.05, 4.69) is 53.8 Å². The molecule has 0 spiro atoms. The molecule has 3 aromatic rings. The summed E-state index contributed by atoms with van der Waals surface area (Å²) in [5.74, 6) is -0.473. The van der Waals surface area contributed by atoms with Gasteiger partial charge in [0.25, 0.3) is 0 Å². The summed E-state index contributed by atoms with van der Waals surface area (Å²) in [4.78, 5) is 11.3. The number of carbonyl (C=O) groups is 1. The molecular weight excluding hydrogens is 356 g/mol. The number of hydrogen-bond donors (Lipinski definition) is 2. The molecular formula is C23H21ClN2O. The molecule has 1 amide bonds. The molecule has 0 aromatic heterocycles. The van der Waals surface area contributed by atoms with Crippen molar-refractivity contribution in [3.05, 3.63) is 94.0 Å². The number of halogens is 1. The van der Waals surface area contributed by atoms with Gasteiger partial charge in [-0.3, -0.25) is 4.79 Å². The molecule has 4 heteroatoms. The van der Waals surface area contributed by atoms with E-state index >= 15 is 0 Å². The van der Waals surface area contributed by atoms with Crippen molar-refractivity contribution in [2.45, 2.75) is 25.4 Å². The zero-order chi connectivity index (χ0) is 18.8. The van der Waals surface area contributed by atoms with Crippen LogP contribution in [-0.4, -0.2) is 11.9 Å². The number of amides is 1. The van der Waals surface area contributed by atoms with E-state index in [4.69, 9.17) is 17.3 Å². The lowest BCUT2D eigenvalue weighted by atomic mass is 10.0. The first-order valence-electron chi connectivity index (χ1n) is 9.09. The Balaban J connectivity index is 1.40. The number of benzene rings is 3. The Morgan fingerprint density at radius 2 is 1.67 bits per heavy atom. The van der Waals surface area contributed by atoms with Gasteiger partial charge in [-0.15, -0.1) is 0 Å². The van der Waals surface area contributed by atoms with Crippen molar-refractivity contribution in [2.24, 2.45) is 5.73 Å². The van der Waals surface area contributed by atoms with Gasteiger partial charge in [-0.1, -0.05) is 66.2 Å². The summed E-state index contributed by atoms with van der Waals surface area (Å²) in [6.07, 6.45) is 2.19. The molecule has 1 aliphatic rings. The molecule has 0 bridgehead atoms. The first-order chi connectivity index (χ1) is 13.1. The minimum atomic E-state index is -0.473. The zero-order valence-electron chi connectivity index (χ0n) is 14.9. The van der Waals surface area contributed by atoms with Crippen molar-refractivity contribution in [2.75, 3.05) is 0 Å². The van der Waals surface area contributed by atoms with E-state index in [9.17, 15) is 4.79 Å². The standard InChI is InChI=1S/C23H21ClN2O/c24-22-13-19(23(25)27)9-10-21(22)16-7-5-15(6-8-16)14-26-20-11-17-3-1-2-4-18(17)12-20/h1-10,13,20,26H,11-12,14H2,(H2,25,27). The summed E-state index contributed by atoms with van der Waals surface area (Å²) in [5.41, 5.74) is 11.8. The van der Waals surface area contributed by atoms with E-state index in [-0.39, 0.29) is 0 Å². The Bertz CT molecular complexity index is 957. The summed E-state index contributed by atoms with van der Waals surface area (Å²) >= 11 is 6.32. The molecule has 0 saturated heterocycles. The van der Waals surface area contributed by atoms with Crippen molar-refractivity contribution < 1.29 is 4.79 Å². The van der Waals surface area contributed by atoms with Crippen molar-refractivity contribution >= 4 is 17.5 Å². The van der Waals surface area contributed by atoms with Crippen LogP contribution in [-0.2, 0) is 19.4 Å². The van der Waals surface area contributed by atoms with Crippen LogP contribution in [0.15, 0.2) is 66.7 Å². The van der Waals surface area contributed by atoms with Gasteiger partial charge < -0.3 is 11.1 Å². The average Bonchev–Trinajstić information content (AvgIpc) is 3.10. The molecule has 0 unspecified atom stereocenters. The van der Waals surface area contributed by atoms with Crippen LogP contribution >= 0.6 is 11.6 Å². The van der Waals surface area contributed by atoms with Gasteiger partial charge in [0.05, 0.1) is 0 Å². The number of primary amides is 1. The molecule has 0 saturated carbocycles. The quantitative estimate of drug-likeness (QED) is 0.695. The predicted molar refractivity (Wildman–Crippen MR) is 110 cm³/mol. The number of carbonyl (C=O) groups excluding carboxylic acids is 1. The van der Waals surface area contributed by atoms with Gasteiger partial charge in [0.2, 0.25) is 5.91 Å². The summed E-state index contributed by atoms with van der Waals surface area (Å²) in [5, 5.41) is 4.19. The van der Waals surface area contributed by atoms with E-state index < -0.39 is 5.91 Å². The van der Waals surface area contributed by atoms with Gasteiger partial charge in [-0.2, -0.15) is 0 Å². The van der Waals surface area contributed by atoms with Crippen LogP contribution in [0.4, 0.5) is 0 Å². The highest BCUT2D eigenvalue weighted by atomic mass is 35.5. The van der Waals surface area contributed by atoms with Crippen molar-refractivity contribution in [1.29, 1.82) is 0 Å². The van der Waals surface area contributed by atoms with Crippen molar-refractivity contribution in [3.8, 4) is 11.1 Å². The van der Waals surface area contributed by atoms with Crippen LogP contribution in [0.3, 0.4) is 0 Å². The highest BCUT2D eigenvalue weighted by Crippen LogP contribution is 2.29. The van der Waals surface area contributed by atoms with Crippen LogP contribution in [0.2, 0.25) is 5.02 Å². The molecule has 4 rings (SSSR count). The number of rotatable bonds is 5. The maximum absolute atomic E-state index is 11.3. The zero-order valence-corrected chi connectivity index (χ0v) is 15.7. The third-order valence-electron chi connectivity index (χ3n) is 5.16. The van der Waals surface area contributed by atoms with Gasteiger partial charge >= 0.3 is 0 Å². The van der Waals surface area contributed by atoms with E-state index in [0.29, 0.717) is 16.6 Å². The predicted octanol–water partition coefficient (Wildman–Crippen LogP) is 4.36. The second kappa shape index (κ2) is 7.55. The molecule has 0 atom stereocenters. The molecule has 0 fully saturated rings. The Hall–Kier alpha value is -2.62. The largest absolute Gasteiger partial charge is 0.366 e. The Morgan fingerprint density at radius 3 is 2.26 bits per heavy atom. The molecule has 0 radical (unpaired) electrons. The summed E-state index contributed by atoms with van der Waals surface area (Å²) < 4.78 is 0. The van der Waals surface area contributed by atoms with Crippen LogP contribution in [0.5, 0.6) is 0 Å². The Kier molecular flexibility index (Phi) is 4.97. The highest BCUT2D eigenvalue weighted by Gasteiger charge is 2.20. The van der Waals surface area contributed by atoms with Gasteiger partial charge in [-0.05, 0) is 47.2 Å². The van der Waals surface area contributed by atoms with E-state index in [1.165, 1.54) is 16.7 Å². The van der Waals surface area contributed by atoms with Gasteiger partial charge in [0.15, 0.2) is 0 Å². The first kappa shape index (κ1) is 17.8. The van der Waals surface area contributed by atoms with E-state index in [1.54, 1.807) is 12.1 Å². The average molecular weight is 377 g/mol. The molecule has 136 valence electrons. The van der Waals surface area contributed by atoms with Crippen LogP contribution < -0.4 is 11.1 Å². The molecule has 3 aromatic carbocycles. The minimum Gasteiger partial charge on any atom is -0.366 e. The van der Waals surface area contributed by atoms with Crippen LogP contribution in [0, 0.1) is 0 Å². The Morgan fingerprint density at radius 1 is 1.00 bits per heavy atom. The van der Waals surface area contributed by atoms with Crippen LogP contribution in [0.1, 0.15) is 27.0 Å². The normalized spacial score (nSPS) is 13.5. The Labute approximate surface area is 164 Å². The maximum Gasteiger partial charge on any atom is 0.248 e. The molecule has 3 N–H and O–H groups in total. The molecule has 1 aliphatic carbocycles. The number of fused-ring (bicyclic) bond motifs is 1. The molecule has 0 heterocycles. The van der Waals surface area contributed by atoms with Crippen molar-refractivity contribution in [1.82, 2.24) is 5.32 Å². The van der Waals surface area contributed by atoms with Gasteiger partial charge in [-0.25, -0.2) is 0 Å². The minimum absolute atomic E-state index is 0.419. The second-order valence-electron chi connectivity index (χ2n) is 7.01. The summed E-state index contributed by atoms with van der Waals surface area (Å²) in [6, 6.07) is 22.7. The van der Waals surface area contributed by atoms with Crippen LogP contribution in [0.25, 0.3) is 11.1 Å². The summed E-state index contributed by atoms with van der Waals surface area (Å²) in [7, 11) is 0. The van der Waals surface area contributed by atoms with Crippen molar-refractivity contribution in [3.63, 3.8) is 0 Å². The van der Waals surface area contributed by atoms with Gasteiger partial charge in [0.1, 0.15) is 0 Å². The SMILES string of the molecule is NC(=O)c1ccc(-c2ccc(CNC3Cc4ccccc4C3)cc2)c(Cl)c1. The lowest BCUT2D eigenvalue weighted by Crippen LogP contribution is -2.28. The lowest BCUT2D eigenvalue weighted by molar-refractivity contribution is 0.100. The second-order valence-corrected chi connectivity index (χ2v) is 7.42. The molecule has 27 heavy (non-hydrogen) atoms. The molecule has 0 aliphatic heterocycles.